The number of ether oxygens (including phenoxy) is 2. The van der Waals surface area contributed by atoms with Crippen LogP contribution >= 0.6 is 11.6 Å². The molecule has 2 heterocycles. The molecule has 0 N–H and O–H groups in total. The molecule has 3 aromatic rings. The summed E-state index contributed by atoms with van der Waals surface area (Å²) in [5.41, 5.74) is 3.72. The average molecular weight is 461 g/mol. The summed E-state index contributed by atoms with van der Waals surface area (Å²) in [5.74, 6) is 6.19. The van der Waals surface area contributed by atoms with Gasteiger partial charge in [0.15, 0.2) is 0 Å². The van der Waals surface area contributed by atoms with Gasteiger partial charge >= 0.3 is 5.97 Å². The quantitative estimate of drug-likeness (QED) is 0.380. The standard InChI is InChI=1S/C27H25ClN2O3/c1-32-27(31)25-18-20(5-13-26(25)33-17-16-30-14-2-3-15-30)4-11-24-12-8-22(19-29-24)21-6-9-23(28)10-7-21/h5-10,12-13,18-19H,2-3,14-17H2,1H3. The van der Waals surface area contributed by atoms with Gasteiger partial charge in [0.2, 0.25) is 0 Å². The number of hydrogen-bond acceptors (Lipinski definition) is 5. The summed E-state index contributed by atoms with van der Waals surface area (Å²) in [4.78, 5) is 19.1. The van der Waals surface area contributed by atoms with Gasteiger partial charge in [0.25, 0.3) is 0 Å². The molecule has 1 aromatic heterocycles. The molecule has 4 rings (SSSR count). The molecular formula is C27H25ClN2O3. The van der Waals surface area contributed by atoms with E-state index in [9.17, 15) is 4.79 Å². The van der Waals surface area contributed by atoms with Crippen LogP contribution in [-0.2, 0) is 4.74 Å². The van der Waals surface area contributed by atoms with E-state index >= 15 is 0 Å². The Balaban J connectivity index is 1.46. The molecule has 0 unspecified atom stereocenters. The van der Waals surface area contributed by atoms with E-state index in [-0.39, 0.29) is 0 Å². The van der Waals surface area contributed by atoms with Crippen molar-refractivity contribution in [3.05, 3.63) is 82.6 Å². The molecule has 0 radical (unpaired) electrons. The molecule has 0 amide bonds. The van der Waals surface area contributed by atoms with E-state index in [0.717, 1.165) is 30.8 Å². The van der Waals surface area contributed by atoms with Crippen molar-refractivity contribution in [2.24, 2.45) is 0 Å². The number of methoxy groups -OCH3 is 1. The minimum absolute atomic E-state index is 0.372. The molecule has 0 aliphatic carbocycles. The number of aromatic nitrogens is 1. The van der Waals surface area contributed by atoms with E-state index in [0.29, 0.717) is 34.2 Å². The summed E-state index contributed by atoms with van der Waals surface area (Å²) < 4.78 is 10.8. The number of benzene rings is 2. The summed E-state index contributed by atoms with van der Waals surface area (Å²) in [6.45, 7) is 3.59. The van der Waals surface area contributed by atoms with Gasteiger partial charge in [-0.05, 0) is 73.8 Å². The van der Waals surface area contributed by atoms with Gasteiger partial charge in [0.1, 0.15) is 23.6 Å². The number of esters is 1. The largest absolute Gasteiger partial charge is 0.491 e. The molecule has 0 saturated carbocycles. The Morgan fingerprint density at radius 3 is 2.48 bits per heavy atom. The first-order valence-corrected chi connectivity index (χ1v) is 11.3. The molecule has 1 saturated heterocycles. The van der Waals surface area contributed by atoms with E-state index in [2.05, 4.69) is 21.7 Å². The zero-order valence-corrected chi connectivity index (χ0v) is 19.3. The highest BCUT2D eigenvalue weighted by molar-refractivity contribution is 6.30. The normalized spacial score (nSPS) is 13.3. The SMILES string of the molecule is COC(=O)c1cc(C#Cc2ccc(-c3ccc(Cl)cc3)cn2)ccc1OCCN1CCCC1. The lowest BCUT2D eigenvalue weighted by molar-refractivity contribution is 0.0595. The first-order valence-electron chi connectivity index (χ1n) is 10.9. The number of pyridine rings is 1. The predicted molar refractivity (Wildman–Crippen MR) is 130 cm³/mol. The highest BCUT2D eigenvalue weighted by atomic mass is 35.5. The van der Waals surface area contributed by atoms with Crippen LogP contribution in [0.5, 0.6) is 5.75 Å². The van der Waals surface area contributed by atoms with Gasteiger partial charge in [-0.3, -0.25) is 4.90 Å². The summed E-state index contributed by atoms with van der Waals surface area (Å²) in [6, 6.07) is 16.8. The second kappa shape index (κ2) is 11.0. The van der Waals surface area contributed by atoms with Crippen LogP contribution in [0.3, 0.4) is 0 Å². The van der Waals surface area contributed by atoms with Crippen LogP contribution in [0.4, 0.5) is 0 Å². The number of carbonyl (C=O) groups is 1. The maximum absolute atomic E-state index is 12.3. The van der Waals surface area contributed by atoms with E-state index in [1.165, 1.54) is 20.0 Å². The van der Waals surface area contributed by atoms with E-state index in [4.69, 9.17) is 21.1 Å². The number of rotatable bonds is 6. The van der Waals surface area contributed by atoms with Gasteiger partial charge in [-0.2, -0.15) is 0 Å². The molecule has 1 aliphatic heterocycles. The second-order valence-electron chi connectivity index (χ2n) is 7.79. The smallest absolute Gasteiger partial charge is 0.341 e. The molecule has 1 fully saturated rings. The van der Waals surface area contributed by atoms with Gasteiger partial charge in [-0.25, -0.2) is 9.78 Å². The van der Waals surface area contributed by atoms with Crippen LogP contribution in [0.1, 0.15) is 34.5 Å². The fourth-order valence-corrected chi connectivity index (χ4v) is 3.84. The predicted octanol–water partition coefficient (Wildman–Crippen LogP) is 5.06. The average Bonchev–Trinajstić information content (AvgIpc) is 3.37. The molecule has 33 heavy (non-hydrogen) atoms. The van der Waals surface area contributed by atoms with Crippen molar-refractivity contribution in [2.45, 2.75) is 12.8 Å². The van der Waals surface area contributed by atoms with Crippen molar-refractivity contribution in [1.29, 1.82) is 0 Å². The van der Waals surface area contributed by atoms with Crippen LogP contribution < -0.4 is 4.74 Å². The Labute approximate surface area is 199 Å². The fraction of sp³-hybridized carbons (Fsp3) is 0.259. The van der Waals surface area contributed by atoms with Gasteiger partial charge in [0, 0.05) is 28.9 Å². The van der Waals surface area contributed by atoms with Crippen LogP contribution in [0.15, 0.2) is 60.8 Å². The Morgan fingerprint density at radius 2 is 1.79 bits per heavy atom. The maximum atomic E-state index is 12.3. The van der Waals surface area contributed by atoms with Gasteiger partial charge in [-0.15, -0.1) is 0 Å². The Hall–Kier alpha value is -3.33. The number of carbonyl (C=O) groups excluding carboxylic acids is 1. The monoisotopic (exact) mass is 460 g/mol. The molecular weight excluding hydrogens is 436 g/mol. The van der Waals surface area contributed by atoms with Crippen molar-refractivity contribution in [1.82, 2.24) is 9.88 Å². The van der Waals surface area contributed by atoms with Gasteiger partial charge in [-0.1, -0.05) is 35.7 Å². The van der Waals surface area contributed by atoms with Crippen molar-refractivity contribution in [3.63, 3.8) is 0 Å². The summed E-state index contributed by atoms with van der Waals surface area (Å²) in [5, 5.41) is 0.698. The summed E-state index contributed by atoms with van der Waals surface area (Å²) >= 11 is 5.95. The minimum atomic E-state index is -0.444. The second-order valence-corrected chi connectivity index (χ2v) is 8.23. The maximum Gasteiger partial charge on any atom is 0.341 e. The van der Waals surface area contributed by atoms with E-state index < -0.39 is 5.97 Å². The Morgan fingerprint density at radius 1 is 1.03 bits per heavy atom. The lowest BCUT2D eigenvalue weighted by Gasteiger charge is -2.16. The number of halogens is 1. The van der Waals surface area contributed by atoms with Crippen LogP contribution in [0, 0.1) is 11.8 Å². The van der Waals surface area contributed by atoms with Gasteiger partial charge in [0.05, 0.1) is 7.11 Å². The molecule has 5 nitrogen and oxygen atoms in total. The van der Waals surface area contributed by atoms with Crippen molar-refractivity contribution in [2.75, 3.05) is 33.4 Å². The highest BCUT2D eigenvalue weighted by Gasteiger charge is 2.15. The topological polar surface area (TPSA) is 51.7 Å². The van der Waals surface area contributed by atoms with Gasteiger partial charge < -0.3 is 9.47 Å². The third-order valence-corrected chi connectivity index (χ3v) is 5.78. The Bertz CT molecular complexity index is 1160. The molecule has 6 heteroatoms. The molecule has 0 bridgehead atoms. The van der Waals surface area contributed by atoms with Crippen molar-refractivity contribution < 1.29 is 14.3 Å². The summed E-state index contributed by atoms with van der Waals surface area (Å²) in [6.07, 6.45) is 4.25. The third-order valence-electron chi connectivity index (χ3n) is 5.52. The molecule has 0 atom stereocenters. The Kier molecular flexibility index (Phi) is 7.62. The van der Waals surface area contributed by atoms with Crippen molar-refractivity contribution in [3.8, 4) is 28.7 Å². The van der Waals surface area contributed by atoms with E-state index in [1.54, 1.807) is 18.3 Å². The first kappa shape index (κ1) is 22.8. The first-order chi connectivity index (χ1) is 16.1. The van der Waals surface area contributed by atoms with Crippen LogP contribution in [-0.4, -0.2) is 49.2 Å². The third kappa shape index (κ3) is 6.13. The lowest BCUT2D eigenvalue weighted by atomic mass is 10.1. The number of nitrogens with zero attached hydrogens (tertiary/aromatic N) is 2. The molecule has 1 aliphatic rings. The molecule has 2 aromatic carbocycles. The van der Waals surface area contributed by atoms with E-state index in [1.807, 2.05) is 42.5 Å². The number of hydrogen-bond donors (Lipinski definition) is 0. The highest BCUT2D eigenvalue weighted by Crippen LogP contribution is 2.22. The molecule has 168 valence electrons. The summed E-state index contributed by atoms with van der Waals surface area (Å²) in [7, 11) is 1.36. The lowest BCUT2D eigenvalue weighted by Crippen LogP contribution is -2.25. The van der Waals surface area contributed by atoms with Crippen LogP contribution in [0.25, 0.3) is 11.1 Å². The molecule has 0 spiro atoms. The van der Waals surface area contributed by atoms with Crippen LogP contribution in [0.2, 0.25) is 5.02 Å². The minimum Gasteiger partial charge on any atom is -0.491 e. The van der Waals surface area contributed by atoms with Crippen molar-refractivity contribution >= 4 is 17.6 Å². The zero-order chi connectivity index (χ0) is 23.0. The number of likely N-dealkylation sites (tertiary alicyclic amines) is 1. The zero-order valence-electron chi connectivity index (χ0n) is 18.5. The fourth-order valence-electron chi connectivity index (χ4n) is 3.71.